The van der Waals surface area contributed by atoms with Crippen LogP contribution >= 0.6 is 0 Å². The summed E-state index contributed by atoms with van der Waals surface area (Å²) in [4.78, 5) is 37.8. The number of carbonyl (C=O) groups is 3. The monoisotopic (exact) mass is 382 g/mol. The van der Waals surface area contributed by atoms with Crippen molar-refractivity contribution in [2.75, 3.05) is 0 Å². The van der Waals surface area contributed by atoms with E-state index < -0.39 is 23.3 Å². The van der Waals surface area contributed by atoms with Gasteiger partial charge in [-0.1, -0.05) is 6.07 Å². The van der Waals surface area contributed by atoms with Gasteiger partial charge in [0.1, 0.15) is 17.3 Å². The minimum Gasteiger partial charge on any atom is -0.511 e. The van der Waals surface area contributed by atoms with E-state index in [1.807, 2.05) is 13.0 Å². The van der Waals surface area contributed by atoms with Gasteiger partial charge < -0.3 is 15.3 Å². The number of hydrogen-bond donors (Lipinski definition) is 3. The summed E-state index contributed by atoms with van der Waals surface area (Å²) in [6, 6.07) is 1.89. The molecular formula is C22H22O6. The Morgan fingerprint density at radius 3 is 2.43 bits per heavy atom. The highest BCUT2D eigenvalue weighted by molar-refractivity contribution is 6.22. The quantitative estimate of drug-likeness (QED) is 0.643. The Kier molecular flexibility index (Phi) is 4.00. The van der Waals surface area contributed by atoms with Crippen LogP contribution < -0.4 is 0 Å². The summed E-state index contributed by atoms with van der Waals surface area (Å²) in [6.45, 7) is 4.79. The summed E-state index contributed by atoms with van der Waals surface area (Å²) in [5.74, 6) is -3.93. The molecule has 6 nitrogen and oxygen atoms in total. The summed E-state index contributed by atoms with van der Waals surface area (Å²) in [6.07, 6.45) is 1.04. The number of hydrogen-bond acceptors (Lipinski definition) is 6. The maximum absolute atomic E-state index is 13.2. The van der Waals surface area contributed by atoms with Crippen molar-refractivity contribution in [3.05, 3.63) is 51.0 Å². The molecule has 1 aromatic carbocycles. The molecule has 6 heteroatoms. The number of phenols is 1. The van der Waals surface area contributed by atoms with Crippen molar-refractivity contribution < 1.29 is 29.7 Å². The Hall–Kier alpha value is -2.89. The molecule has 0 heterocycles. The van der Waals surface area contributed by atoms with E-state index in [4.69, 9.17) is 0 Å². The van der Waals surface area contributed by atoms with Crippen LogP contribution in [0.5, 0.6) is 5.75 Å². The topological polar surface area (TPSA) is 112 Å². The van der Waals surface area contributed by atoms with E-state index in [-0.39, 0.29) is 52.2 Å². The van der Waals surface area contributed by atoms with Gasteiger partial charge in [-0.25, -0.2) is 0 Å². The molecular weight excluding hydrogens is 360 g/mol. The van der Waals surface area contributed by atoms with Gasteiger partial charge in [-0.15, -0.1) is 0 Å². The van der Waals surface area contributed by atoms with Gasteiger partial charge in [0.15, 0.2) is 17.3 Å². The van der Waals surface area contributed by atoms with Crippen LogP contribution in [0.2, 0.25) is 0 Å². The van der Waals surface area contributed by atoms with Gasteiger partial charge in [-0.2, -0.15) is 0 Å². The molecule has 3 aliphatic carbocycles. The van der Waals surface area contributed by atoms with Crippen LogP contribution in [0, 0.1) is 31.6 Å². The first-order valence-electron chi connectivity index (χ1n) is 9.40. The molecule has 0 amide bonds. The van der Waals surface area contributed by atoms with Gasteiger partial charge in [0, 0.05) is 12.0 Å². The van der Waals surface area contributed by atoms with Gasteiger partial charge in [0.2, 0.25) is 0 Å². The highest BCUT2D eigenvalue weighted by Gasteiger charge is 2.49. The summed E-state index contributed by atoms with van der Waals surface area (Å²) in [5.41, 5.74) is 2.29. The summed E-state index contributed by atoms with van der Waals surface area (Å²) in [7, 11) is 0. The van der Waals surface area contributed by atoms with Crippen molar-refractivity contribution in [2.24, 2.45) is 17.8 Å². The van der Waals surface area contributed by atoms with Crippen molar-refractivity contribution in [2.45, 2.75) is 40.0 Å². The van der Waals surface area contributed by atoms with Gasteiger partial charge in [0.25, 0.3) is 0 Å². The lowest BCUT2D eigenvalue weighted by molar-refractivity contribution is -0.125. The van der Waals surface area contributed by atoms with Crippen molar-refractivity contribution in [3.8, 4) is 5.75 Å². The normalized spacial score (nSPS) is 26.8. The molecule has 0 aromatic heterocycles. The molecule has 0 bridgehead atoms. The second-order valence-electron chi connectivity index (χ2n) is 8.15. The van der Waals surface area contributed by atoms with Gasteiger partial charge >= 0.3 is 0 Å². The largest absolute Gasteiger partial charge is 0.511 e. The van der Waals surface area contributed by atoms with Crippen LogP contribution in [0.4, 0.5) is 0 Å². The second-order valence-corrected chi connectivity index (χ2v) is 8.15. The lowest BCUT2D eigenvalue weighted by Crippen LogP contribution is -2.42. The maximum Gasteiger partial charge on any atom is 0.196 e. The molecule has 0 fully saturated rings. The number of benzene rings is 1. The zero-order chi connectivity index (χ0) is 20.5. The van der Waals surface area contributed by atoms with E-state index in [1.54, 1.807) is 6.92 Å². The fraction of sp³-hybridized carbons (Fsp3) is 0.409. The summed E-state index contributed by atoms with van der Waals surface area (Å²) >= 11 is 0. The number of aliphatic hydroxyl groups is 2. The molecule has 0 saturated carbocycles. The molecule has 0 radical (unpaired) electrons. The zero-order valence-corrected chi connectivity index (χ0v) is 16.0. The van der Waals surface area contributed by atoms with Crippen molar-refractivity contribution >= 4 is 17.3 Å². The molecule has 1 aromatic rings. The third-order valence-corrected chi connectivity index (χ3v) is 6.50. The maximum atomic E-state index is 13.2. The highest BCUT2D eigenvalue weighted by atomic mass is 16.3. The molecule has 28 heavy (non-hydrogen) atoms. The molecule has 3 aliphatic rings. The number of aliphatic hydroxyl groups excluding tert-OH is 2. The lowest BCUT2D eigenvalue weighted by Gasteiger charge is -2.41. The molecule has 3 N–H and O–H groups in total. The number of fused-ring (bicyclic) bond motifs is 3. The first-order valence-corrected chi connectivity index (χ1v) is 9.40. The van der Waals surface area contributed by atoms with E-state index in [2.05, 4.69) is 0 Å². The van der Waals surface area contributed by atoms with E-state index >= 15 is 0 Å². The van der Waals surface area contributed by atoms with Crippen LogP contribution in [-0.4, -0.2) is 32.7 Å². The molecule has 3 unspecified atom stereocenters. The SMILES string of the molecule is CC(=O)C1=C(O)CC2CC3Cc4cc(C)c(C)c(O)c4C(=O)C3=C(O)C2C1=O. The highest BCUT2D eigenvalue weighted by Crippen LogP contribution is 2.49. The van der Waals surface area contributed by atoms with Crippen LogP contribution in [0.25, 0.3) is 0 Å². The number of rotatable bonds is 1. The minimum absolute atomic E-state index is 0.0854. The summed E-state index contributed by atoms with van der Waals surface area (Å²) < 4.78 is 0. The summed E-state index contributed by atoms with van der Waals surface area (Å²) in [5, 5.41) is 31.6. The van der Waals surface area contributed by atoms with Crippen LogP contribution in [-0.2, 0) is 16.0 Å². The third-order valence-electron chi connectivity index (χ3n) is 6.50. The second kappa shape index (κ2) is 6.06. The molecule has 3 atom stereocenters. The first-order chi connectivity index (χ1) is 13.1. The van der Waals surface area contributed by atoms with Crippen molar-refractivity contribution in [3.63, 3.8) is 0 Å². The van der Waals surface area contributed by atoms with Crippen LogP contribution in [0.1, 0.15) is 46.8 Å². The standard InChI is InChI=1S/C22H22O6/c1-8-4-11-5-12-6-13-7-14(24)15(10(3)23)20(26)18(13)22(28)17(12)21(27)16(11)19(25)9(8)2/h4,12-13,18,24-25,28H,5-7H2,1-3H3. The Morgan fingerprint density at radius 1 is 1.11 bits per heavy atom. The third kappa shape index (κ3) is 2.37. The fourth-order valence-electron chi connectivity index (χ4n) is 5.05. The van der Waals surface area contributed by atoms with Crippen molar-refractivity contribution in [1.29, 1.82) is 0 Å². The number of aryl methyl sites for hydroxylation is 1. The van der Waals surface area contributed by atoms with E-state index in [9.17, 15) is 29.7 Å². The molecule has 0 spiro atoms. The number of ketones is 3. The minimum atomic E-state index is -1.000. The Bertz CT molecular complexity index is 1030. The predicted molar refractivity (Wildman–Crippen MR) is 100 cm³/mol. The predicted octanol–water partition coefficient (Wildman–Crippen LogP) is 3.19. The number of carbonyl (C=O) groups excluding carboxylic acids is 3. The Morgan fingerprint density at radius 2 is 1.79 bits per heavy atom. The number of phenolic OH excluding ortho intramolecular Hbond substituents is 1. The zero-order valence-electron chi connectivity index (χ0n) is 16.0. The van der Waals surface area contributed by atoms with E-state index in [0.29, 0.717) is 18.4 Å². The average molecular weight is 382 g/mol. The molecule has 146 valence electrons. The number of aromatic hydroxyl groups is 1. The lowest BCUT2D eigenvalue weighted by atomic mass is 9.62. The smallest absolute Gasteiger partial charge is 0.196 e. The average Bonchev–Trinajstić information content (AvgIpc) is 2.58. The Balaban J connectivity index is 1.86. The number of allylic oxidation sites excluding steroid dienone is 4. The van der Waals surface area contributed by atoms with Gasteiger partial charge in [0.05, 0.1) is 17.1 Å². The molecule has 0 aliphatic heterocycles. The van der Waals surface area contributed by atoms with E-state index in [1.165, 1.54) is 6.92 Å². The molecule has 0 saturated heterocycles. The first kappa shape index (κ1) is 18.5. The van der Waals surface area contributed by atoms with Crippen molar-refractivity contribution in [1.82, 2.24) is 0 Å². The fourth-order valence-corrected chi connectivity index (χ4v) is 5.05. The van der Waals surface area contributed by atoms with Crippen LogP contribution in [0.15, 0.2) is 28.7 Å². The van der Waals surface area contributed by atoms with E-state index in [0.717, 1.165) is 11.1 Å². The Labute approximate surface area is 162 Å². The van der Waals surface area contributed by atoms with Gasteiger partial charge in [-0.05, 0) is 62.1 Å². The van der Waals surface area contributed by atoms with Crippen LogP contribution in [0.3, 0.4) is 0 Å². The number of Topliss-reactive ketones (excluding diaryl/α,β-unsaturated/α-hetero) is 3. The van der Waals surface area contributed by atoms with Gasteiger partial charge in [-0.3, -0.25) is 14.4 Å². The molecule has 4 rings (SSSR count).